The Morgan fingerprint density at radius 3 is 2.70 bits per heavy atom. The molecule has 1 fully saturated rings. The first-order valence-corrected chi connectivity index (χ1v) is 11.0. The maximum absolute atomic E-state index is 14.0. The second-order valence-corrected chi connectivity index (χ2v) is 10.0. The molecule has 4 rings (SSSR count). The number of benzene rings is 1. The number of hydrogen-bond acceptors (Lipinski definition) is 6. The van der Waals surface area contributed by atoms with Crippen LogP contribution in [-0.4, -0.2) is 48.9 Å². The summed E-state index contributed by atoms with van der Waals surface area (Å²) in [6.45, 7) is 1.81. The minimum Gasteiger partial charge on any atom is -0.355 e. The molecule has 27 heavy (non-hydrogen) atoms. The topological polar surface area (TPSA) is 66.4 Å². The van der Waals surface area contributed by atoms with Crippen LogP contribution in [-0.2, 0) is 10.0 Å². The van der Waals surface area contributed by atoms with Crippen LogP contribution in [0.25, 0.3) is 10.9 Å². The third kappa shape index (κ3) is 3.52. The van der Waals surface area contributed by atoms with E-state index in [-0.39, 0.29) is 9.73 Å². The summed E-state index contributed by atoms with van der Waals surface area (Å²) in [7, 11) is -3.57. The predicted molar refractivity (Wildman–Crippen MR) is 104 cm³/mol. The molecule has 6 nitrogen and oxygen atoms in total. The summed E-state index contributed by atoms with van der Waals surface area (Å²) < 4.78 is 41.9. The van der Waals surface area contributed by atoms with Gasteiger partial charge in [-0.2, -0.15) is 4.31 Å². The van der Waals surface area contributed by atoms with Crippen molar-refractivity contribution in [3.05, 3.63) is 46.8 Å². The summed E-state index contributed by atoms with van der Waals surface area (Å²) in [6.07, 6.45) is 1.98. The van der Waals surface area contributed by atoms with Crippen LogP contribution in [0.1, 0.15) is 6.42 Å². The summed E-state index contributed by atoms with van der Waals surface area (Å²) in [5, 5.41) is 0.624. The lowest BCUT2D eigenvalue weighted by Gasteiger charge is -2.23. The molecule has 0 aliphatic carbocycles. The number of para-hydroxylation sites is 1. The normalized spacial score (nSPS) is 16.6. The van der Waals surface area contributed by atoms with Crippen LogP contribution < -0.4 is 4.90 Å². The van der Waals surface area contributed by atoms with E-state index in [0.29, 0.717) is 48.1 Å². The average Bonchev–Trinajstić information content (AvgIpc) is 2.95. The SMILES string of the molecule is O=S(=O)(c1ccc(Cl)s1)N1CCCN(c2ncnc3c(F)cccc23)CC1. The number of rotatable bonds is 3. The molecule has 10 heteroatoms. The molecule has 0 amide bonds. The van der Waals surface area contributed by atoms with Crippen LogP contribution in [0.5, 0.6) is 0 Å². The quantitative estimate of drug-likeness (QED) is 0.642. The van der Waals surface area contributed by atoms with Crippen molar-refractivity contribution in [2.45, 2.75) is 10.6 Å². The van der Waals surface area contributed by atoms with Crippen molar-refractivity contribution in [2.24, 2.45) is 0 Å². The molecule has 1 aromatic carbocycles. The highest BCUT2D eigenvalue weighted by molar-refractivity contribution is 7.91. The largest absolute Gasteiger partial charge is 0.355 e. The molecule has 2 aromatic heterocycles. The highest BCUT2D eigenvalue weighted by Crippen LogP contribution is 2.30. The minimum absolute atomic E-state index is 0.246. The molecule has 0 radical (unpaired) electrons. The molecule has 142 valence electrons. The summed E-state index contributed by atoms with van der Waals surface area (Å²) in [5.41, 5.74) is 0.268. The van der Waals surface area contributed by atoms with Gasteiger partial charge in [-0.15, -0.1) is 11.3 Å². The van der Waals surface area contributed by atoms with Crippen molar-refractivity contribution in [1.82, 2.24) is 14.3 Å². The van der Waals surface area contributed by atoms with Gasteiger partial charge in [0.1, 0.15) is 27.7 Å². The molecule has 0 saturated carbocycles. The Kier molecular flexibility index (Phi) is 5.02. The first-order valence-electron chi connectivity index (χ1n) is 8.36. The molecule has 0 bridgehead atoms. The number of hydrogen-bond donors (Lipinski definition) is 0. The van der Waals surface area contributed by atoms with E-state index < -0.39 is 15.8 Å². The van der Waals surface area contributed by atoms with Crippen molar-refractivity contribution in [2.75, 3.05) is 31.1 Å². The fourth-order valence-corrected chi connectivity index (χ4v) is 6.31. The molecule has 3 aromatic rings. The second-order valence-electron chi connectivity index (χ2n) is 6.14. The third-order valence-corrected chi connectivity index (χ3v) is 8.09. The number of halogens is 2. The molecule has 3 heterocycles. The Balaban J connectivity index is 1.60. The highest BCUT2D eigenvalue weighted by atomic mass is 35.5. The van der Waals surface area contributed by atoms with Crippen molar-refractivity contribution < 1.29 is 12.8 Å². The smallest absolute Gasteiger partial charge is 0.252 e. The standard InChI is InChI=1S/C17H16ClFN4O2S2/c18-14-5-6-15(26-14)27(24,25)23-8-2-7-22(9-10-23)17-12-3-1-4-13(19)16(12)20-11-21-17/h1,3-6,11H,2,7-10H2. The Morgan fingerprint density at radius 1 is 1.07 bits per heavy atom. The van der Waals surface area contributed by atoms with E-state index >= 15 is 0 Å². The Morgan fingerprint density at radius 2 is 1.93 bits per heavy atom. The summed E-state index contributed by atoms with van der Waals surface area (Å²) in [6, 6.07) is 7.89. The number of thiophene rings is 1. The molecule has 1 saturated heterocycles. The molecule has 1 aliphatic rings. The number of fused-ring (bicyclic) bond motifs is 1. The van der Waals surface area contributed by atoms with Crippen LogP contribution in [0.4, 0.5) is 10.2 Å². The van der Waals surface area contributed by atoms with Crippen LogP contribution in [0.2, 0.25) is 4.34 Å². The van der Waals surface area contributed by atoms with E-state index in [4.69, 9.17) is 11.6 Å². The Hall–Kier alpha value is -1.81. The molecule has 0 spiro atoms. The van der Waals surface area contributed by atoms with Crippen molar-refractivity contribution >= 4 is 49.7 Å². The summed E-state index contributed by atoms with van der Waals surface area (Å²) >= 11 is 6.95. The number of nitrogens with zero attached hydrogens (tertiary/aromatic N) is 4. The zero-order chi connectivity index (χ0) is 19.0. The monoisotopic (exact) mass is 426 g/mol. The van der Waals surface area contributed by atoms with Crippen molar-refractivity contribution in [3.63, 3.8) is 0 Å². The van der Waals surface area contributed by atoms with Gasteiger partial charge in [-0.25, -0.2) is 22.8 Å². The van der Waals surface area contributed by atoms with E-state index in [2.05, 4.69) is 9.97 Å². The van der Waals surface area contributed by atoms with Gasteiger partial charge >= 0.3 is 0 Å². The number of sulfonamides is 1. The molecular formula is C17H16ClFN4O2S2. The predicted octanol–water partition coefficient (Wildman–Crippen LogP) is 3.38. The van der Waals surface area contributed by atoms with Gasteiger partial charge in [0.05, 0.1) is 4.34 Å². The van der Waals surface area contributed by atoms with E-state index in [1.807, 2.05) is 4.90 Å². The summed E-state index contributed by atoms with van der Waals surface area (Å²) in [4.78, 5) is 10.3. The number of aromatic nitrogens is 2. The minimum atomic E-state index is -3.57. The van der Waals surface area contributed by atoms with E-state index in [9.17, 15) is 12.8 Å². The molecule has 1 aliphatic heterocycles. The average molecular weight is 427 g/mol. The summed E-state index contributed by atoms with van der Waals surface area (Å²) in [5.74, 6) is 0.225. The zero-order valence-electron chi connectivity index (χ0n) is 14.2. The van der Waals surface area contributed by atoms with Crippen LogP contribution >= 0.6 is 22.9 Å². The Bertz CT molecular complexity index is 1090. The van der Waals surface area contributed by atoms with Gasteiger partial charge in [0.25, 0.3) is 10.0 Å². The second kappa shape index (κ2) is 7.31. The molecular weight excluding hydrogens is 411 g/mol. The lowest BCUT2D eigenvalue weighted by molar-refractivity contribution is 0.434. The van der Waals surface area contributed by atoms with Crippen LogP contribution in [0, 0.1) is 5.82 Å². The molecule has 0 N–H and O–H groups in total. The van der Waals surface area contributed by atoms with Gasteiger partial charge in [0, 0.05) is 31.6 Å². The van der Waals surface area contributed by atoms with E-state index in [1.165, 1.54) is 22.8 Å². The van der Waals surface area contributed by atoms with Gasteiger partial charge < -0.3 is 4.90 Å². The molecule has 0 atom stereocenters. The Labute approximate surface area is 165 Å². The van der Waals surface area contributed by atoms with Crippen molar-refractivity contribution in [3.8, 4) is 0 Å². The number of anilines is 1. The maximum atomic E-state index is 14.0. The first kappa shape index (κ1) is 18.5. The van der Waals surface area contributed by atoms with E-state index in [1.54, 1.807) is 18.2 Å². The van der Waals surface area contributed by atoms with Gasteiger partial charge in [0.2, 0.25) is 0 Å². The van der Waals surface area contributed by atoms with Crippen molar-refractivity contribution in [1.29, 1.82) is 0 Å². The van der Waals surface area contributed by atoms with Gasteiger partial charge in [0.15, 0.2) is 0 Å². The lowest BCUT2D eigenvalue weighted by atomic mass is 10.2. The molecule has 0 unspecified atom stereocenters. The fraction of sp³-hybridized carbons (Fsp3) is 0.294. The fourth-order valence-electron chi connectivity index (χ4n) is 3.20. The van der Waals surface area contributed by atoms with Crippen LogP contribution in [0.3, 0.4) is 0 Å². The maximum Gasteiger partial charge on any atom is 0.252 e. The van der Waals surface area contributed by atoms with Gasteiger partial charge in [-0.3, -0.25) is 0 Å². The van der Waals surface area contributed by atoms with Crippen LogP contribution in [0.15, 0.2) is 40.9 Å². The third-order valence-electron chi connectivity index (χ3n) is 4.49. The van der Waals surface area contributed by atoms with E-state index in [0.717, 1.165) is 11.3 Å². The van der Waals surface area contributed by atoms with Gasteiger partial charge in [-0.05, 0) is 30.7 Å². The highest BCUT2D eigenvalue weighted by Gasteiger charge is 2.29. The van der Waals surface area contributed by atoms with Gasteiger partial charge in [-0.1, -0.05) is 17.7 Å². The first-order chi connectivity index (χ1) is 13.0. The zero-order valence-corrected chi connectivity index (χ0v) is 16.6. The lowest BCUT2D eigenvalue weighted by Crippen LogP contribution is -2.35.